The Hall–Kier alpha value is -0.250. The molecule has 9 heavy (non-hydrogen) atoms. The Labute approximate surface area is 54.3 Å². The summed E-state index contributed by atoms with van der Waals surface area (Å²) >= 11 is 0. The van der Waals surface area contributed by atoms with Crippen molar-refractivity contribution < 1.29 is 9.47 Å². The van der Waals surface area contributed by atoms with Gasteiger partial charge in [-0.1, -0.05) is 0 Å². The Morgan fingerprint density at radius 3 is 3.11 bits per heavy atom. The maximum absolute atomic E-state index is 5.26. The van der Waals surface area contributed by atoms with Crippen molar-refractivity contribution in [3.8, 4) is 0 Å². The number of hydrogen-bond donors (Lipinski definition) is 1. The molecule has 2 atom stereocenters. The fourth-order valence-electron chi connectivity index (χ4n) is 1.20. The first kappa shape index (κ1) is 5.53. The Kier molecular flexibility index (Phi) is 1.33. The maximum atomic E-state index is 5.26. The van der Waals surface area contributed by atoms with Gasteiger partial charge in [-0.3, -0.25) is 5.32 Å². The van der Waals surface area contributed by atoms with Crippen LogP contribution < -0.4 is 5.32 Å². The first-order valence-corrected chi connectivity index (χ1v) is 3.24. The molecule has 2 aliphatic rings. The molecule has 0 saturated carbocycles. The third-order valence-electron chi connectivity index (χ3n) is 1.62. The summed E-state index contributed by atoms with van der Waals surface area (Å²) in [6.07, 6.45) is 0. The van der Waals surface area contributed by atoms with Crippen LogP contribution in [0, 0.1) is 6.61 Å². The Morgan fingerprint density at radius 2 is 2.33 bits per heavy atom. The van der Waals surface area contributed by atoms with Crippen LogP contribution in [0.15, 0.2) is 0 Å². The highest BCUT2D eigenvalue weighted by Crippen LogP contribution is 2.09. The lowest BCUT2D eigenvalue weighted by Gasteiger charge is -2.28. The van der Waals surface area contributed by atoms with Gasteiger partial charge in [0.15, 0.2) is 0 Å². The van der Waals surface area contributed by atoms with Gasteiger partial charge in [-0.05, 0) is 0 Å². The highest BCUT2D eigenvalue weighted by atomic mass is 16.5. The normalized spacial score (nSPS) is 41.8. The lowest BCUT2D eigenvalue weighted by atomic mass is 10.2. The Morgan fingerprint density at radius 1 is 1.33 bits per heavy atom. The molecule has 0 amide bonds. The lowest BCUT2D eigenvalue weighted by Crippen LogP contribution is -2.54. The Balaban J connectivity index is 1.96. The molecule has 3 heteroatoms. The molecule has 50 valence electrons. The summed E-state index contributed by atoms with van der Waals surface area (Å²) in [4.78, 5) is 0. The second-order valence-corrected chi connectivity index (χ2v) is 2.48. The summed E-state index contributed by atoms with van der Waals surface area (Å²) in [6.45, 7) is 4.13. The van der Waals surface area contributed by atoms with E-state index in [1.807, 2.05) is 6.61 Å². The van der Waals surface area contributed by atoms with Crippen LogP contribution in [0.3, 0.4) is 0 Å². The minimum atomic E-state index is 0.331. The highest BCUT2D eigenvalue weighted by molar-refractivity contribution is 4.88. The summed E-state index contributed by atoms with van der Waals surface area (Å²) in [7, 11) is 0. The van der Waals surface area contributed by atoms with E-state index in [0.717, 1.165) is 19.8 Å². The smallest absolute Gasteiger partial charge is 0.248 e. The third kappa shape index (κ3) is 1.03. The third-order valence-corrected chi connectivity index (χ3v) is 1.62. The van der Waals surface area contributed by atoms with Crippen molar-refractivity contribution in [3.63, 3.8) is 0 Å². The SMILES string of the molecule is [CH+]1OCC2COCC1N2. The molecular formula is C6H10NO2+. The highest BCUT2D eigenvalue weighted by Gasteiger charge is 2.33. The maximum Gasteiger partial charge on any atom is 0.248 e. The number of ether oxygens (including phenoxy) is 2. The van der Waals surface area contributed by atoms with Crippen molar-refractivity contribution in [2.75, 3.05) is 19.8 Å². The molecule has 2 heterocycles. The largest absolute Gasteiger partial charge is 0.373 e. The lowest BCUT2D eigenvalue weighted by molar-refractivity contribution is -0.0261. The van der Waals surface area contributed by atoms with Crippen LogP contribution in [-0.4, -0.2) is 31.9 Å². The molecule has 0 spiro atoms. The van der Waals surface area contributed by atoms with Crippen molar-refractivity contribution >= 4 is 0 Å². The molecular weight excluding hydrogens is 118 g/mol. The molecule has 0 radical (unpaired) electrons. The van der Waals surface area contributed by atoms with Gasteiger partial charge in [0.1, 0.15) is 13.2 Å². The molecule has 2 unspecified atom stereocenters. The van der Waals surface area contributed by atoms with Gasteiger partial charge in [-0.25, -0.2) is 0 Å². The van der Waals surface area contributed by atoms with E-state index < -0.39 is 0 Å². The average molecular weight is 128 g/mol. The number of rotatable bonds is 0. The molecule has 2 fully saturated rings. The zero-order valence-corrected chi connectivity index (χ0v) is 5.17. The molecule has 2 bridgehead atoms. The first-order chi connectivity index (χ1) is 4.45. The van der Waals surface area contributed by atoms with Crippen LogP contribution in [0.25, 0.3) is 0 Å². The van der Waals surface area contributed by atoms with Gasteiger partial charge in [0.05, 0.1) is 12.6 Å². The van der Waals surface area contributed by atoms with E-state index in [-0.39, 0.29) is 0 Å². The van der Waals surface area contributed by atoms with E-state index in [0.29, 0.717) is 12.1 Å². The first-order valence-electron chi connectivity index (χ1n) is 3.24. The number of morpholine rings is 2. The molecule has 0 aromatic heterocycles. The van der Waals surface area contributed by atoms with Gasteiger partial charge in [0.25, 0.3) is 0 Å². The minimum absolute atomic E-state index is 0.331. The minimum Gasteiger partial charge on any atom is -0.373 e. The van der Waals surface area contributed by atoms with Gasteiger partial charge in [-0.15, -0.1) is 0 Å². The van der Waals surface area contributed by atoms with Crippen LogP contribution in [0.4, 0.5) is 0 Å². The van der Waals surface area contributed by atoms with Crippen molar-refractivity contribution in [3.05, 3.63) is 6.61 Å². The summed E-state index contributed by atoms with van der Waals surface area (Å²) in [5.41, 5.74) is 0. The van der Waals surface area contributed by atoms with E-state index in [1.165, 1.54) is 0 Å². The van der Waals surface area contributed by atoms with E-state index in [1.54, 1.807) is 0 Å². The average Bonchev–Trinajstić information content (AvgIpc) is 1.88. The van der Waals surface area contributed by atoms with Gasteiger partial charge in [0.2, 0.25) is 12.6 Å². The Bertz CT molecular complexity index is 87.2. The van der Waals surface area contributed by atoms with E-state index in [9.17, 15) is 0 Å². The van der Waals surface area contributed by atoms with E-state index in [4.69, 9.17) is 9.47 Å². The molecule has 0 aliphatic carbocycles. The predicted octanol–water partition coefficient (Wildman–Crippen LogP) is -0.465. The van der Waals surface area contributed by atoms with Gasteiger partial charge < -0.3 is 4.74 Å². The van der Waals surface area contributed by atoms with Gasteiger partial charge in [-0.2, -0.15) is 4.74 Å². The summed E-state index contributed by atoms with van der Waals surface area (Å²) in [6, 6.07) is 0.756. The standard InChI is InChI=1S/C6H10NO2/c1-5-2-9-4-6(7-5)3-8-1/h1,5-7H,2-4H2/q+1. The number of hydrogen-bond acceptors (Lipinski definition) is 3. The second kappa shape index (κ2) is 2.17. The van der Waals surface area contributed by atoms with Gasteiger partial charge >= 0.3 is 0 Å². The van der Waals surface area contributed by atoms with Crippen LogP contribution in [-0.2, 0) is 9.47 Å². The van der Waals surface area contributed by atoms with Crippen LogP contribution in [0.2, 0.25) is 0 Å². The van der Waals surface area contributed by atoms with Crippen molar-refractivity contribution in [2.24, 2.45) is 0 Å². The predicted molar refractivity (Wildman–Crippen MR) is 31.8 cm³/mol. The number of nitrogens with one attached hydrogen (secondary N) is 1. The van der Waals surface area contributed by atoms with Crippen molar-refractivity contribution in [1.29, 1.82) is 0 Å². The van der Waals surface area contributed by atoms with E-state index in [2.05, 4.69) is 5.32 Å². The molecule has 3 nitrogen and oxygen atoms in total. The molecule has 0 aromatic rings. The second-order valence-electron chi connectivity index (χ2n) is 2.48. The van der Waals surface area contributed by atoms with Crippen molar-refractivity contribution in [2.45, 2.75) is 12.1 Å². The topological polar surface area (TPSA) is 30.5 Å². The molecule has 2 aliphatic heterocycles. The monoisotopic (exact) mass is 128 g/mol. The summed E-state index contributed by atoms with van der Waals surface area (Å²) in [5.74, 6) is 0. The van der Waals surface area contributed by atoms with E-state index >= 15 is 0 Å². The van der Waals surface area contributed by atoms with Crippen LogP contribution in [0.5, 0.6) is 0 Å². The summed E-state index contributed by atoms with van der Waals surface area (Å²) in [5, 5.41) is 3.35. The number of fused-ring (bicyclic) bond motifs is 2. The molecule has 2 rings (SSSR count). The van der Waals surface area contributed by atoms with Crippen molar-refractivity contribution in [1.82, 2.24) is 5.32 Å². The van der Waals surface area contributed by atoms with Gasteiger partial charge in [0, 0.05) is 0 Å². The fraction of sp³-hybridized carbons (Fsp3) is 0.833. The zero-order chi connectivity index (χ0) is 6.10. The molecule has 2 saturated heterocycles. The molecule has 1 N–H and O–H groups in total. The fourth-order valence-corrected chi connectivity index (χ4v) is 1.20. The zero-order valence-electron chi connectivity index (χ0n) is 5.17. The van der Waals surface area contributed by atoms with Crippen LogP contribution >= 0.6 is 0 Å². The van der Waals surface area contributed by atoms with Crippen LogP contribution in [0.1, 0.15) is 0 Å². The summed E-state index contributed by atoms with van der Waals surface area (Å²) < 4.78 is 10.4. The quantitative estimate of drug-likeness (QED) is 0.448. The molecule has 0 aromatic carbocycles.